The average Bonchev–Trinajstić information content (AvgIpc) is 3.19. The molecule has 2 aromatic heterocycles. The lowest BCUT2D eigenvalue weighted by molar-refractivity contribution is 0.102. The smallest absolute Gasteiger partial charge is 0.261 e. The number of hydrogen-bond donors (Lipinski definition) is 1. The van der Waals surface area contributed by atoms with Gasteiger partial charge < -0.3 is 9.64 Å². The summed E-state index contributed by atoms with van der Waals surface area (Å²) < 4.78 is 5.40. The third-order valence-corrected chi connectivity index (χ3v) is 5.63. The number of nitrogens with one attached hydrogen (secondary N) is 1. The summed E-state index contributed by atoms with van der Waals surface area (Å²) >= 11 is 1.42. The number of carbonyl (C=O) groups excluding carboxylic acids is 1. The Morgan fingerprint density at radius 3 is 2.79 bits per heavy atom. The molecule has 1 aromatic carbocycles. The van der Waals surface area contributed by atoms with Crippen molar-refractivity contribution in [3.63, 3.8) is 0 Å². The van der Waals surface area contributed by atoms with E-state index in [1.54, 1.807) is 18.3 Å². The molecule has 0 bridgehead atoms. The van der Waals surface area contributed by atoms with E-state index in [9.17, 15) is 4.79 Å². The largest absolute Gasteiger partial charge is 0.378 e. The molecule has 4 rings (SSSR count). The predicted octanol–water partition coefficient (Wildman–Crippen LogP) is 3.91. The van der Waals surface area contributed by atoms with Crippen LogP contribution in [0.2, 0.25) is 0 Å². The van der Waals surface area contributed by atoms with Gasteiger partial charge in [0.05, 0.1) is 24.5 Å². The van der Waals surface area contributed by atoms with Crippen LogP contribution in [0.15, 0.2) is 41.9 Å². The van der Waals surface area contributed by atoms with Gasteiger partial charge in [-0.1, -0.05) is 12.1 Å². The highest BCUT2D eigenvalue weighted by atomic mass is 32.1. The van der Waals surface area contributed by atoms with E-state index in [0.29, 0.717) is 29.7 Å². The van der Waals surface area contributed by atoms with E-state index in [4.69, 9.17) is 4.74 Å². The Morgan fingerprint density at radius 1 is 1.18 bits per heavy atom. The number of aryl methyl sites for hydroxylation is 2. The molecule has 0 unspecified atom stereocenters. The zero-order valence-electron chi connectivity index (χ0n) is 15.9. The van der Waals surface area contributed by atoms with E-state index in [0.717, 1.165) is 24.3 Å². The van der Waals surface area contributed by atoms with Crippen LogP contribution in [0.25, 0.3) is 11.3 Å². The van der Waals surface area contributed by atoms with E-state index in [1.807, 2.05) is 5.38 Å². The number of pyridine rings is 1. The Morgan fingerprint density at radius 2 is 2.00 bits per heavy atom. The van der Waals surface area contributed by atoms with Crippen molar-refractivity contribution in [2.45, 2.75) is 13.8 Å². The topological polar surface area (TPSA) is 67.4 Å². The summed E-state index contributed by atoms with van der Waals surface area (Å²) in [5.41, 5.74) is 4.94. The highest BCUT2D eigenvalue weighted by molar-refractivity contribution is 7.14. The van der Waals surface area contributed by atoms with Crippen LogP contribution < -0.4 is 10.2 Å². The van der Waals surface area contributed by atoms with Gasteiger partial charge in [-0.25, -0.2) is 9.97 Å². The van der Waals surface area contributed by atoms with Crippen LogP contribution in [0, 0.1) is 13.8 Å². The highest BCUT2D eigenvalue weighted by Gasteiger charge is 2.20. The normalized spacial score (nSPS) is 14.1. The number of amides is 1. The van der Waals surface area contributed by atoms with Crippen LogP contribution in [0.4, 0.5) is 10.9 Å². The molecule has 0 saturated carbocycles. The molecule has 3 heterocycles. The molecule has 144 valence electrons. The molecule has 0 atom stereocenters. The molecule has 0 aliphatic carbocycles. The van der Waals surface area contributed by atoms with Crippen molar-refractivity contribution in [3.8, 4) is 11.3 Å². The first kappa shape index (κ1) is 18.6. The van der Waals surface area contributed by atoms with Gasteiger partial charge in [-0.2, -0.15) is 0 Å². The van der Waals surface area contributed by atoms with Gasteiger partial charge in [-0.3, -0.25) is 10.1 Å². The third-order valence-electron chi connectivity index (χ3n) is 4.87. The average molecular weight is 395 g/mol. The van der Waals surface area contributed by atoms with Crippen LogP contribution in [0.5, 0.6) is 0 Å². The van der Waals surface area contributed by atoms with Gasteiger partial charge in [-0.15, -0.1) is 11.3 Å². The van der Waals surface area contributed by atoms with Crippen molar-refractivity contribution < 1.29 is 9.53 Å². The number of anilines is 2. The lowest BCUT2D eigenvalue weighted by Crippen LogP contribution is -2.38. The van der Waals surface area contributed by atoms with Gasteiger partial charge in [0.1, 0.15) is 5.82 Å². The van der Waals surface area contributed by atoms with Gasteiger partial charge in [0.15, 0.2) is 5.13 Å². The summed E-state index contributed by atoms with van der Waals surface area (Å²) in [5.74, 6) is 0.491. The maximum Gasteiger partial charge on any atom is 0.261 e. The summed E-state index contributed by atoms with van der Waals surface area (Å²) in [6, 6.07) is 9.84. The predicted molar refractivity (Wildman–Crippen MR) is 112 cm³/mol. The number of carbonyl (C=O) groups is 1. The van der Waals surface area contributed by atoms with Crippen molar-refractivity contribution in [2.24, 2.45) is 0 Å². The van der Waals surface area contributed by atoms with Crippen LogP contribution in [0.1, 0.15) is 21.5 Å². The number of nitrogens with zero attached hydrogens (tertiary/aromatic N) is 3. The van der Waals surface area contributed by atoms with E-state index in [1.165, 1.54) is 22.5 Å². The Hall–Kier alpha value is -2.77. The summed E-state index contributed by atoms with van der Waals surface area (Å²) in [5, 5.41) is 5.47. The quantitative estimate of drug-likeness (QED) is 0.727. The molecule has 1 N–H and O–H groups in total. The van der Waals surface area contributed by atoms with Crippen LogP contribution in [0.3, 0.4) is 0 Å². The third kappa shape index (κ3) is 3.90. The molecule has 28 heavy (non-hydrogen) atoms. The maximum atomic E-state index is 12.9. The number of thiazole rings is 1. The van der Waals surface area contributed by atoms with E-state index in [-0.39, 0.29) is 5.91 Å². The number of ether oxygens (including phenoxy) is 1. The Labute approximate surface area is 168 Å². The molecular formula is C21H22N4O2S. The summed E-state index contributed by atoms with van der Waals surface area (Å²) in [6.45, 7) is 6.92. The Bertz CT molecular complexity index is 996. The minimum absolute atomic E-state index is 0.199. The molecule has 6 nitrogen and oxygen atoms in total. The van der Waals surface area contributed by atoms with Crippen LogP contribution >= 0.6 is 11.3 Å². The minimum Gasteiger partial charge on any atom is -0.378 e. The first-order valence-electron chi connectivity index (χ1n) is 9.24. The van der Waals surface area contributed by atoms with Crippen molar-refractivity contribution in [1.29, 1.82) is 0 Å². The van der Waals surface area contributed by atoms with Gasteiger partial charge in [0.2, 0.25) is 0 Å². The Kier molecular flexibility index (Phi) is 5.36. The second kappa shape index (κ2) is 8.08. The molecule has 7 heteroatoms. The lowest BCUT2D eigenvalue weighted by atomic mass is 10.1. The fourth-order valence-corrected chi connectivity index (χ4v) is 3.85. The minimum atomic E-state index is -0.199. The van der Waals surface area contributed by atoms with Gasteiger partial charge in [0.25, 0.3) is 5.91 Å². The molecule has 1 fully saturated rings. The zero-order valence-corrected chi connectivity index (χ0v) is 16.8. The van der Waals surface area contributed by atoms with Crippen LogP contribution in [-0.4, -0.2) is 42.2 Å². The van der Waals surface area contributed by atoms with Gasteiger partial charge >= 0.3 is 0 Å². The van der Waals surface area contributed by atoms with Crippen molar-refractivity contribution in [1.82, 2.24) is 9.97 Å². The number of benzene rings is 1. The van der Waals surface area contributed by atoms with Crippen molar-refractivity contribution in [3.05, 3.63) is 58.6 Å². The molecule has 3 aromatic rings. The van der Waals surface area contributed by atoms with Crippen molar-refractivity contribution >= 4 is 28.2 Å². The molecule has 1 amide bonds. The molecular weight excluding hydrogens is 372 g/mol. The lowest BCUT2D eigenvalue weighted by Gasteiger charge is -2.29. The Balaban J connectivity index is 1.53. The van der Waals surface area contributed by atoms with Gasteiger partial charge in [-0.05, 0) is 43.2 Å². The SMILES string of the molecule is Cc1ccc(-c2csc(NC(=O)c3cccnc3N3CCOCC3)n2)cc1C. The second-order valence-corrected chi connectivity index (χ2v) is 7.62. The number of morpholine rings is 1. The monoisotopic (exact) mass is 394 g/mol. The number of hydrogen-bond acceptors (Lipinski definition) is 6. The van der Waals surface area contributed by atoms with E-state index in [2.05, 4.69) is 52.2 Å². The van der Waals surface area contributed by atoms with Gasteiger partial charge in [0, 0.05) is 30.2 Å². The van der Waals surface area contributed by atoms with E-state index < -0.39 is 0 Å². The van der Waals surface area contributed by atoms with Crippen LogP contribution in [-0.2, 0) is 4.74 Å². The molecule has 0 radical (unpaired) electrons. The fourth-order valence-electron chi connectivity index (χ4n) is 3.13. The molecule has 0 spiro atoms. The summed E-state index contributed by atoms with van der Waals surface area (Å²) in [6.07, 6.45) is 1.71. The first-order chi connectivity index (χ1) is 13.6. The standard InChI is InChI=1S/C21H22N4O2S/c1-14-5-6-16(12-15(14)2)18-13-28-21(23-18)24-20(26)17-4-3-7-22-19(17)25-8-10-27-11-9-25/h3-7,12-13H,8-11H2,1-2H3,(H,23,24,26). The summed E-state index contributed by atoms with van der Waals surface area (Å²) in [4.78, 5) is 24.0. The number of aromatic nitrogens is 2. The molecule has 1 aliphatic heterocycles. The zero-order chi connectivity index (χ0) is 19.5. The first-order valence-corrected chi connectivity index (χ1v) is 10.1. The fraction of sp³-hybridized carbons (Fsp3) is 0.286. The highest BCUT2D eigenvalue weighted by Crippen LogP contribution is 2.27. The maximum absolute atomic E-state index is 12.9. The molecule has 1 aliphatic rings. The molecule has 1 saturated heterocycles. The second-order valence-electron chi connectivity index (χ2n) is 6.77. The van der Waals surface area contributed by atoms with Crippen molar-refractivity contribution in [2.75, 3.05) is 36.5 Å². The summed E-state index contributed by atoms with van der Waals surface area (Å²) in [7, 11) is 0. The number of rotatable bonds is 4. The van der Waals surface area contributed by atoms with E-state index >= 15 is 0 Å².